The molecule has 0 unspecified atom stereocenters. The van der Waals surface area contributed by atoms with Crippen molar-refractivity contribution in [3.05, 3.63) is 96.1 Å². The Morgan fingerprint density at radius 2 is 0.948 bits per heavy atom. The highest BCUT2D eigenvalue weighted by Crippen LogP contribution is 2.44. The van der Waals surface area contributed by atoms with Crippen LogP contribution in [0.4, 0.5) is 34.1 Å². The molecule has 0 spiro atoms. The van der Waals surface area contributed by atoms with Crippen molar-refractivity contribution in [2.45, 2.75) is 19.6 Å². The van der Waals surface area contributed by atoms with Crippen molar-refractivity contribution in [3.8, 4) is 11.5 Å². The molecule has 0 bridgehead atoms. The maximum absolute atomic E-state index is 12.4. The van der Waals surface area contributed by atoms with Crippen LogP contribution in [-0.2, 0) is 40.5 Å². The van der Waals surface area contributed by atoms with Gasteiger partial charge in [0.15, 0.2) is 11.5 Å². The third-order valence-electron chi connectivity index (χ3n) is 8.22. The summed E-state index contributed by atoms with van der Waals surface area (Å²) in [6.45, 7) is 0. The molecule has 0 aromatic heterocycles. The standard InChI is InChI=1S/C34H26N6O14S4/c35-21-7-4-19-12-29(57(49,50)51)31(33(41)24(19)14-21)39-37-23-9-6-18(27(16-23)55(43,44)45)3-1-17-2-10-26(28(11-17)56(46,47)48)38-40-32-30(58(52,53)54)13-20-5-8-22(36)15-25(20)34(32)42/h1-16,41-42H,35-36H2,(H,43,44,45)(H,46,47,48)(H,49,50,51)(H,52,53,54)/b3-1+,39-37?,40-38?. The fourth-order valence-corrected chi connectivity index (χ4v) is 8.25. The molecule has 24 heteroatoms. The Hall–Kier alpha value is -6.38. The largest absolute Gasteiger partial charge is 0.505 e. The van der Waals surface area contributed by atoms with Gasteiger partial charge in [-0.2, -0.15) is 38.8 Å². The average Bonchev–Trinajstić information content (AvgIpc) is 3.12. The number of fused-ring (bicyclic) bond motifs is 2. The van der Waals surface area contributed by atoms with E-state index >= 15 is 0 Å². The van der Waals surface area contributed by atoms with Gasteiger partial charge in [0.25, 0.3) is 40.5 Å². The van der Waals surface area contributed by atoms with Crippen LogP contribution in [0.5, 0.6) is 11.5 Å². The Bertz CT molecular complexity index is 3280. The lowest BCUT2D eigenvalue weighted by atomic mass is 10.1. The minimum atomic E-state index is -5.10. The number of anilines is 2. The smallest absolute Gasteiger partial charge is 0.296 e. The molecule has 0 saturated heterocycles. The van der Waals surface area contributed by atoms with Crippen molar-refractivity contribution in [2.75, 3.05) is 11.5 Å². The van der Waals surface area contributed by atoms with Gasteiger partial charge in [0.1, 0.15) is 36.6 Å². The van der Waals surface area contributed by atoms with E-state index in [-0.39, 0.29) is 49.7 Å². The zero-order valence-corrected chi connectivity index (χ0v) is 32.0. The van der Waals surface area contributed by atoms with Gasteiger partial charge in [-0.1, -0.05) is 36.4 Å². The van der Waals surface area contributed by atoms with E-state index in [0.717, 1.165) is 48.6 Å². The number of nitrogen functional groups attached to an aromatic ring is 2. The fraction of sp³-hybridized carbons (Fsp3) is 0. The highest BCUT2D eigenvalue weighted by Gasteiger charge is 2.25. The van der Waals surface area contributed by atoms with Crippen molar-refractivity contribution >= 4 is 108 Å². The molecule has 0 atom stereocenters. The minimum Gasteiger partial charge on any atom is -0.505 e. The van der Waals surface area contributed by atoms with Crippen molar-refractivity contribution in [1.29, 1.82) is 0 Å². The number of hydrogen-bond donors (Lipinski definition) is 8. The summed E-state index contributed by atoms with van der Waals surface area (Å²) in [6.07, 6.45) is 2.27. The third kappa shape index (κ3) is 8.62. The van der Waals surface area contributed by atoms with Gasteiger partial charge < -0.3 is 21.7 Å². The monoisotopic (exact) mass is 870 g/mol. The van der Waals surface area contributed by atoms with Crippen LogP contribution in [0.1, 0.15) is 11.1 Å². The third-order valence-corrected chi connectivity index (χ3v) is 11.8. The van der Waals surface area contributed by atoms with Gasteiger partial charge in [-0.05, 0) is 82.6 Å². The molecular weight excluding hydrogens is 845 g/mol. The molecule has 6 aromatic rings. The van der Waals surface area contributed by atoms with E-state index in [0.29, 0.717) is 0 Å². The number of aromatic hydroxyl groups is 2. The van der Waals surface area contributed by atoms with E-state index in [9.17, 15) is 62.1 Å². The second-order valence-corrected chi connectivity index (χ2v) is 17.7. The van der Waals surface area contributed by atoms with Gasteiger partial charge in [-0.3, -0.25) is 18.2 Å². The topological polar surface area (TPSA) is 359 Å². The molecule has 0 aliphatic rings. The maximum atomic E-state index is 12.4. The molecule has 10 N–H and O–H groups in total. The number of hydrogen-bond acceptors (Lipinski definition) is 16. The number of phenolic OH excluding ortho intramolecular Hbond substituents is 2. The highest BCUT2D eigenvalue weighted by molar-refractivity contribution is 7.86. The summed E-state index contributed by atoms with van der Waals surface area (Å²) in [6, 6.07) is 16.4. The normalized spacial score (nSPS) is 13.1. The van der Waals surface area contributed by atoms with Crippen LogP contribution in [0, 0.1) is 0 Å². The Labute approximate surface area is 328 Å². The first kappa shape index (κ1) is 41.3. The zero-order valence-electron chi connectivity index (χ0n) is 28.8. The van der Waals surface area contributed by atoms with E-state index in [1.807, 2.05) is 0 Å². The maximum Gasteiger partial charge on any atom is 0.296 e. The van der Waals surface area contributed by atoms with Crippen LogP contribution in [0.15, 0.2) is 125 Å². The first-order valence-electron chi connectivity index (χ1n) is 15.7. The number of phenols is 2. The van der Waals surface area contributed by atoms with E-state index in [1.165, 1.54) is 48.5 Å². The molecule has 0 amide bonds. The second-order valence-electron chi connectivity index (χ2n) is 12.2. The molecule has 0 heterocycles. The average molecular weight is 871 g/mol. The van der Waals surface area contributed by atoms with E-state index in [4.69, 9.17) is 11.5 Å². The predicted octanol–water partition coefficient (Wildman–Crippen LogP) is 6.56. The van der Waals surface area contributed by atoms with Crippen LogP contribution in [0.25, 0.3) is 33.7 Å². The Morgan fingerprint density at radius 1 is 0.466 bits per heavy atom. The van der Waals surface area contributed by atoms with Crippen molar-refractivity contribution < 1.29 is 62.1 Å². The first-order valence-corrected chi connectivity index (χ1v) is 21.5. The minimum absolute atomic E-state index is 0.00978. The van der Waals surface area contributed by atoms with Crippen LogP contribution >= 0.6 is 0 Å². The second kappa shape index (κ2) is 14.8. The molecular formula is C34H26N6O14S4. The number of azo groups is 2. The molecule has 6 aromatic carbocycles. The Balaban J connectivity index is 1.37. The van der Waals surface area contributed by atoms with Gasteiger partial charge >= 0.3 is 0 Å². The summed E-state index contributed by atoms with van der Waals surface area (Å²) in [5.74, 6) is -1.51. The molecule has 20 nitrogen and oxygen atoms in total. The van der Waals surface area contributed by atoms with Crippen LogP contribution in [0.3, 0.4) is 0 Å². The Kier molecular flexibility index (Phi) is 10.6. The zero-order chi connectivity index (χ0) is 42.5. The number of rotatable bonds is 10. The van der Waals surface area contributed by atoms with Crippen LogP contribution < -0.4 is 11.5 Å². The van der Waals surface area contributed by atoms with Crippen LogP contribution in [-0.4, -0.2) is 62.1 Å². The molecule has 300 valence electrons. The summed E-state index contributed by atoms with van der Waals surface area (Å²) >= 11 is 0. The van der Waals surface area contributed by atoms with Gasteiger partial charge in [0.05, 0.1) is 5.69 Å². The molecule has 0 fully saturated rings. The lowest BCUT2D eigenvalue weighted by Crippen LogP contribution is -2.01. The molecule has 6 rings (SSSR count). The Morgan fingerprint density at radius 3 is 1.43 bits per heavy atom. The number of benzene rings is 6. The van der Waals surface area contributed by atoms with E-state index in [2.05, 4.69) is 20.5 Å². The molecule has 0 radical (unpaired) electrons. The van der Waals surface area contributed by atoms with Gasteiger partial charge in [0.2, 0.25) is 0 Å². The van der Waals surface area contributed by atoms with E-state index in [1.54, 1.807) is 0 Å². The van der Waals surface area contributed by atoms with Gasteiger partial charge in [-0.25, -0.2) is 0 Å². The quantitative estimate of drug-likeness (QED) is 0.0313. The van der Waals surface area contributed by atoms with Gasteiger partial charge in [0, 0.05) is 22.1 Å². The summed E-state index contributed by atoms with van der Waals surface area (Å²) in [7, 11) is -20.1. The first-order chi connectivity index (χ1) is 26.9. The lowest BCUT2D eigenvalue weighted by Gasteiger charge is -2.10. The predicted molar refractivity (Wildman–Crippen MR) is 209 cm³/mol. The van der Waals surface area contributed by atoms with Crippen molar-refractivity contribution in [2.24, 2.45) is 20.5 Å². The molecule has 58 heavy (non-hydrogen) atoms. The fourth-order valence-electron chi connectivity index (χ4n) is 5.57. The number of nitrogens with two attached hydrogens (primary N) is 2. The number of nitrogens with zero attached hydrogens (tertiary/aromatic N) is 4. The van der Waals surface area contributed by atoms with Crippen molar-refractivity contribution in [1.82, 2.24) is 0 Å². The SMILES string of the molecule is Nc1ccc2cc(S(=O)(=O)O)c(N=Nc3ccc(/C=C/c4ccc(N=Nc5c(S(=O)(=O)O)cc6ccc(N)cc6c5O)c(S(=O)(=O)O)c4)c(S(=O)(=O)O)c3)c(O)c2c1. The molecule has 0 aliphatic carbocycles. The summed E-state index contributed by atoms with van der Waals surface area (Å²) in [4.78, 5) is -3.37. The van der Waals surface area contributed by atoms with Crippen molar-refractivity contribution in [3.63, 3.8) is 0 Å². The van der Waals surface area contributed by atoms with E-state index < -0.39 is 88.6 Å². The van der Waals surface area contributed by atoms with Crippen LogP contribution in [0.2, 0.25) is 0 Å². The summed E-state index contributed by atoms with van der Waals surface area (Å²) in [5.41, 5.74) is 9.33. The van der Waals surface area contributed by atoms with Gasteiger partial charge in [-0.15, -0.1) is 15.3 Å². The molecule has 0 saturated carbocycles. The summed E-state index contributed by atoms with van der Waals surface area (Å²) < 4.78 is 138. The summed E-state index contributed by atoms with van der Waals surface area (Å²) in [5, 5.41) is 36.9. The lowest BCUT2D eigenvalue weighted by molar-refractivity contribution is 0.471. The molecule has 0 aliphatic heterocycles. The highest BCUT2D eigenvalue weighted by atomic mass is 32.2.